The molecule has 1 atom stereocenters. The first-order valence-electron chi connectivity index (χ1n) is 13.4. The average Bonchev–Trinajstić information content (AvgIpc) is 2.96. The summed E-state index contributed by atoms with van der Waals surface area (Å²) in [6.45, 7) is 3.35. The number of nitrogens with one attached hydrogen (secondary N) is 3. The van der Waals surface area contributed by atoms with Gasteiger partial charge in [0, 0.05) is 19.2 Å². The number of para-hydroxylation sites is 2. The number of piperidine rings is 1. The van der Waals surface area contributed by atoms with E-state index in [2.05, 4.69) is 25.8 Å². The van der Waals surface area contributed by atoms with Crippen LogP contribution in [0.5, 0.6) is 0 Å². The molecule has 0 aliphatic carbocycles. The number of likely N-dealkylation sites (tertiary alicyclic amines) is 1. The molecule has 0 spiro atoms. The first kappa shape index (κ1) is 29.8. The van der Waals surface area contributed by atoms with Gasteiger partial charge in [0.2, 0.25) is 11.8 Å². The van der Waals surface area contributed by atoms with Crippen molar-refractivity contribution in [1.29, 1.82) is 0 Å². The summed E-state index contributed by atoms with van der Waals surface area (Å²) in [5, 5.41) is 8.69. The Morgan fingerprint density at radius 3 is 2.37 bits per heavy atom. The van der Waals surface area contributed by atoms with Gasteiger partial charge in [-0.05, 0) is 67.4 Å². The standard InChI is InChI=1S/C30H33F3N6O2/c31-30(32,33)26-14-13-23(20-36-26)37-29(41)28(35-16-19-39-17-4-1-5-18-39)22-11-8-21(9-12-22)10-15-27(40)38-25-7-3-2-6-24(25)34/h2-3,6-15,20,28,35H,1,4-5,16-19,34H2,(H,37,41)(H,38,40). The zero-order chi connectivity index (χ0) is 29.2. The molecule has 2 aromatic carbocycles. The summed E-state index contributed by atoms with van der Waals surface area (Å²) >= 11 is 0. The SMILES string of the molecule is Nc1ccccc1NC(=O)C=Cc1ccc(C(NCCN2CCCCC2)C(=O)Nc2ccc(C(F)(F)F)nc2)cc1. The van der Waals surface area contributed by atoms with Crippen LogP contribution in [0.25, 0.3) is 6.08 Å². The fraction of sp³-hybridized carbons (Fsp3) is 0.300. The van der Waals surface area contributed by atoms with Gasteiger partial charge in [0.05, 0.1) is 23.3 Å². The summed E-state index contributed by atoms with van der Waals surface area (Å²) in [5.41, 5.74) is 7.38. The number of halogens is 3. The first-order chi connectivity index (χ1) is 19.7. The molecule has 5 N–H and O–H groups in total. The number of hydrogen-bond acceptors (Lipinski definition) is 6. The van der Waals surface area contributed by atoms with E-state index >= 15 is 0 Å². The number of benzene rings is 2. The number of hydrogen-bond donors (Lipinski definition) is 4. The molecule has 0 bridgehead atoms. The van der Waals surface area contributed by atoms with Crippen molar-refractivity contribution in [2.75, 3.05) is 42.5 Å². The number of nitrogen functional groups attached to an aromatic ring is 1. The monoisotopic (exact) mass is 566 g/mol. The van der Waals surface area contributed by atoms with Crippen LogP contribution in [0.3, 0.4) is 0 Å². The second-order valence-electron chi connectivity index (χ2n) is 9.79. The molecule has 1 aliphatic heterocycles. The van der Waals surface area contributed by atoms with Gasteiger partial charge >= 0.3 is 6.18 Å². The molecule has 2 heterocycles. The lowest BCUT2D eigenvalue weighted by atomic mass is 10.0. The molecule has 1 aromatic heterocycles. The molecule has 1 unspecified atom stereocenters. The molecule has 0 radical (unpaired) electrons. The topological polar surface area (TPSA) is 112 Å². The summed E-state index contributed by atoms with van der Waals surface area (Å²) in [5.74, 6) is -0.762. The Hall–Kier alpha value is -4.22. The van der Waals surface area contributed by atoms with Crippen LogP contribution < -0.4 is 21.7 Å². The Labute approximate surface area is 236 Å². The Morgan fingerprint density at radius 1 is 0.976 bits per heavy atom. The molecule has 2 amide bonds. The van der Waals surface area contributed by atoms with Crippen LogP contribution >= 0.6 is 0 Å². The van der Waals surface area contributed by atoms with E-state index in [9.17, 15) is 22.8 Å². The minimum absolute atomic E-state index is 0.162. The fourth-order valence-corrected chi connectivity index (χ4v) is 4.52. The summed E-state index contributed by atoms with van der Waals surface area (Å²) in [6.07, 6.45) is 2.98. The van der Waals surface area contributed by atoms with E-state index in [0.717, 1.165) is 50.3 Å². The molecular formula is C30H33F3N6O2. The largest absolute Gasteiger partial charge is 0.433 e. The molecule has 8 nitrogen and oxygen atoms in total. The first-order valence-corrected chi connectivity index (χ1v) is 13.4. The number of pyridine rings is 1. The van der Waals surface area contributed by atoms with E-state index in [0.29, 0.717) is 23.5 Å². The Morgan fingerprint density at radius 2 is 1.71 bits per heavy atom. The van der Waals surface area contributed by atoms with Gasteiger partial charge in [-0.25, -0.2) is 4.98 Å². The zero-order valence-electron chi connectivity index (χ0n) is 22.5. The van der Waals surface area contributed by atoms with Crippen molar-refractivity contribution in [3.05, 3.63) is 89.8 Å². The van der Waals surface area contributed by atoms with Crippen molar-refractivity contribution in [3.8, 4) is 0 Å². The number of nitrogens with zero attached hydrogens (tertiary/aromatic N) is 2. The molecule has 4 rings (SSSR count). The zero-order valence-corrected chi connectivity index (χ0v) is 22.5. The predicted octanol–water partition coefficient (Wildman–Crippen LogP) is 5.09. The van der Waals surface area contributed by atoms with Gasteiger partial charge in [0.15, 0.2) is 0 Å². The van der Waals surface area contributed by atoms with E-state index in [1.165, 1.54) is 18.6 Å². The van der Waals surface area contributed by atoms with Gasteiger partial charge in [-0.15, -0.1) is 0 Å². The van der Waals surface area contributed by atoms with Crippen molar-refractivity contribution in [2.45, 2.75) is 31.5 Å². The predicted molar refractivity (Wildman–Crippen MR) is 154 cm³/mol. The minimum atomic E-state index is -4.56. The van der Waals surface area contributed by atoms with Crippen LogP contribution in [-0.2, 0) is 15.8 Å². The lowest BCUT2D eigenvalue weighted by Gasteiger charge is -2.27. The Kier molecular flexibility index (Phi) is 10.1. The smallest absolute Gasteiger partial charge is 0.397 e. The molecule has 216 valence electrons. The number of carbonyl (C=O) groups excluding carboxylic acids is 2. The van der Waals surface area contributed by atoms with E-state index < -0.39 is 23.8 Å². The van der Waals surface area contributed by atoms with Crippen LogP contribution in [0, 0.1) is 0 Å². The van der Waals surface area contributed by atoms with Gasteiger partial charge in [-0.1, -0.05) is 42.8 Å². The molecule has 41 heavy (non-hydrogen) atoms. The Bertz CT molecular complexity index is 1340. The van der Waals surface area contributed by atoms with Gasteiger partial charge < -0.3 is 26.6 Å². The highest BCUT2D eigenvalue weighted by Crippen LogP contribution is 2.28. The number of amides is 2. The molecule has 1 saturated heterocycles. The maximum Gasteiger partial charge on any atom is 0.433 e. The molecule has 11 heteroatoms. The minimum Gasteiger partial charge on any atom is -0.397 e. The normalized spacial score (nSPS) is 15.0. The van der Waals surface area contributed by atoms with Crippen LogP contribution in [0.1, 0.15) is 42.1 Å². The average molecular weight is 567 g/mol. The highest BCUT2D eigenvalue weighted by Gasteiger charge is 2.32. The van der Waals surface area contributed by atoms with Crippen LogP contribution in [0.4, 0.5) is 30.2 Å². The van der Waals surface area contributed by atoms with Crippen molar-refractivity contribution in [3.63, 3.8) is 0 Å². The number of nitrogens with two attached hydrogens (primary N) is 1. The second-order valence-corrected chi connectivity index (χ2v) is 9.79. The third-order valence-electron chi connectivity index (χ3n) is 6.72. The Balaban J connectivity index is 1.43. The number of anilines is 3. The molecule has 1 aliphatic rings. The highest BCUT2D eigenvalue weighted by atomic mass is 19.4. The number of alkyl halides is 3. The summed E-state index contributed by atoms with van der Waals surface area (Å²) in [6, 6.07) is 15.3. The van der Waals surface area contributed by atoms with Gasteiger partial charge in [-0.2, -0.15) is 13.2 Å². The number of aromatic nitrogens is 1. The van der Waals surface area contributed by atoms with Gasteiger partial charge in [0.25, 0.3) is 0 Å². The van der Waals surface area contributed by atoms with E-state index in [1.54, 1.807) is 54.6 Å². The van der Waals surface area contributed by atoms with E-state index in [-0.39, 0.29) is 11.6 Å². The van der Waals surface area contributed by atoms with E-state index in [1.807, 2.05) is 0 Å². The third-order valence-corrected chi connectivity index (χ3v) is 6.72. The summed E-state index contributed by atoms with van der Waals surface area (Å²) in [7, 11) is 0. The number of carbonyl (C=O) groups is 2. The van der Waals surface area contributed by atoms with Crippen LogP contribution in [0.15, 0.2) is 72.9 Å². The molecule has 0 saturated carbocycles. The van der Waals surface area contributed by atoms with Gasteiger partial charge in [-0.3, -0.25) is 9.59 Å². The summed E-state index contributed by atoms with van der Waals surface area (Å²) in [4.78, 5) is 31.3. The van der Waals surface area contributed by atoms with Crippen molar-refractivity contribution >= 4 is 35.0 Å². The maximum absolute atomic E-state index is 13.3. The second kappa shape index (κ2) is 13.9. The fourth-order valence-electron chi connectivity index (χ4n) is 4.52. The van der Waals surface area contributed by atoms with Crippen molar-refractivity contribution < 1.29 is 22.8 Å². The molecule has 1 fully saturated rings. The molecular weight excluding hydrogens is 533 g/mol. The summed E-state index contributed by atoms with van der Waals surface area (Å²) < 4.78 is 38.6. The number of rotatable bonds is 10. The molecule has 3 aromatic rings. The van der Waals surface area contributed by atoms with Gasteiger partial charge in [0.1, 0.15) is 11.7 Å². The van der Waals surface area contributed by atoms with Crippen LogP contribution in [-0.4, -0.2) is 47.9 Å². The quantitative estimate of drug-likeness (QED) is 0.201. The van der Waals surface area contributed by atoms with Crippen molar-refractivity contribution in [2.24, 2.45) is 0 Å². The van der Waals surface area contributed by atoms with Crippen LogP contribution in [0.2, 0.25) is 0 Å². The third kappa shape index (κ3) is 8.89. The lowest BCUT2D eigenvalue weighted by molar-refractivity contribution is -0.141. The lowest BCUT2D eigenvalue weighted by Crippen LogP contribution is -2.40. The van der Waals surface area contributed by atoms with E-state index in [4.69, 9.17) is 5.73 Å². The van der Waals surface area contributed by atoms with Crippen molar-refractivity contribution in [1.82, 2.24) is 15.2 Å². The highest BCUT2D eigenvalue weighted by molar-refractivity contribution is 6.03. The maximum atomic E-state index is 13.3.